The van der Waals surface area contributed by atoms with Crippen molar-refractivity contribution in [3.63, 3.8) is 0 Å². The monoisotopic (exact) mass is 374 g/mol. The minimum Gasteiger partial charge on any atom is -0.389 e. The summed E-state index contributed by atoms with van der Waals surface area (Å²) in [5.74, 6) is 2.15. The molecule has 146 valence electrons. The summed E-state index contributed by atoms with van der Waals surface area (Å²) in [5.41, 5.74) is 2.13. The van der Waals surface area contributed by atoms with Crippen LogP contribution in [-0.2, 0) is 22.6 Å². The summed E-state index contributed by atoms with van der Waals surface area (Å²) in [6, 6.07) is 10.5. The Balaban J connectivity index is 1.98. The molecule has 1 N–H and O–H groups in total. The van der Waals surface area contributed by atoms with Crippen LogP contribution in [0.25, 0.3) is 0 Å². The fourth-order valence-corrected chi connectivity index (χ4v) is 2.82. The highest BCUT2D eigenvalue weighted by molar-refractivity contribution is 5.18. The lowest BCUT2D eigenvalue weighted by atomic mass is 10.2. The molecular weight excluding hydrogens is 347 g/mol. The van der Waals surface area contributed by atoms with E-state index in [4.69, 9.17) is 15.9 Å². The van der Waals surface area contributed by atoms with E-state index in [-0.39, 0.29) is 19.0 Å². The van der Waals surface area contributed by atoms with Gasteiger partial charge in [-0.15, -0.1) is 6.42 Å². The zero-order valence-electron chi connectivity index (χ0n) is 15.7. The first-order valence-corrected chi connectivity index (χ1v) is 8.91. The number of benzene rings is 1. The molecule has 0 fully saturated rings. The van der Waals surface area contributed by atoms with E-state index < -0.39 is 6.10 Å². The van der Waals surface area contributed by atoms with Crippen LogP contribution in [0.5, 0.6) is 0 Å². The SMILES string of the molecule is C#CCOC[C@H](O)CN(CCOC)Cc1cccn1Cc1ccc(F)cc1. The number of rotatable bonds is 12. The molecule has 0 aliphatic carbocycles. The van der Waals surface area contributed by atoms with E-state index in [0.29, 0.717) is 32.8 Å². The molecular formula is C21H27FN2O3. The Hall–Kier alpha value is -2.17. The molecule has 0 radical (unpaired) electrons. The van der Waals surface area contributed by atoms with Gasteiger partial charge in [-0.2, -0.15) is 0 Å². The van der Waals surface area contributed by atoms with Gasteiger partial charge in [-0.3, -0.25) is 4.90 Å². The first-order chi connectivity index (χ1) is 13.1. The highest BCUT2D eigenvalue weighted by Crippen LogP contribution is 2.12. The van der Waals surface area contributed by atoms with E-state index in [2.05, 4.69) is 15.4 Å². The largest absolute Gasteiger partial charge is 0.389 e. The topological polar surface area (TPSA) is 46.9 Å². The minimum absolute atomic E-state index is 0.190. The van der Waals surface area contributed by atoms with Gasteiger partial charge in [-0.1, -0.05) is 18.1 Å². The van der Waals surface area contributed by atoms with Gasteiger partial charge in [0.05, 0.1) is 19.3 Å². The first-order valence-electron chi connectivity index (χ1n) is 8.91. The van der Waals surface area contributed by atoms with Gasteiger partial charge in [-0.05, 0) is 29.8 Å². The summed E-state index contributed by atoms with van der Waals surface area (Å²) in [5, 5.41) is 10.2. The molecule has 27 heavy (non-hydrogen) atoms. The number of aliphatic hydroxyl groups is 1. The smallest absolute Gasteiger partial charge is 0.123 e. The van der Waals surface area contributed by atoms with Gasteiger partial charge in [0, 0.05) is 45.2 Å². The zero-order chi connectivity index (χ0) is 19.5. The molecule has 1 heterocycles. The summed E-state index contributed by atoms with van der Waals surface area (Å²) in [6.45, 7) is 3.41. The van der Waals surface area contributed by atoms with Crippen LogP contribution >= 0.6 is 0 Å². The average Bonchev–Trinajstić information content (AvgIpc) is 3.08. The standard InChI is InChI=1S/C21H27FN2O3/c1-3-12-27-17-21(25)16-23(11-13-26-2)15-20-5-4-10-24(20)14-18-6-8-19(22)9-7-18/h1,4-10,21,25H,11-17H2,2H3/t21-/m1/s1. The maximum absolute atomic E-state index is 13.1. The van der Waals surface area contributed by atoms with Gasteiger partial charge >= 0.3 is 0 Å². The highest BCUT2D eigenvalue weighted by atomic mass is 19.1. The Kier molecular flexibility index (Phi) is 9.02. The van der Waals surface area contributed by atoms with E-state index in [9.17, 15) is 9.50 Å². The predicted molar refractivity (Wildman–Crippen MR) is 103 cm³/mol. The fraction of sp³-hybridized carbons (Fsp3) is 0.429. The predicted octanol–water partition coefficient (Wildman–Crippen LogP) is 2.13. The third-order valence-corrected chi connectivity index (χ3v) is 4.15. The summed E-state index contributed by atoms with van der Waals surface area (Å²) in [6.07, 6.45) is 6.52. The molecule has 0 unspecified atom stereocenters. The zero-order valence-corrected chi connectivity index (χ0v) is 15.7. The molecule has 1 atom stereocenters. The van der Waals surface area contributed by atoms with Crippen molar-refractivity contribution >= 4 is 0 Å². The summed E-state index contributed by atoms with van der Waals surface area (Å²) < 4.78 is 25.6. The van der Waals surface area contributed by atoms with Crippen LogP contribution in [0.2, 0.25) is 0 Å². The Morgan fingerprint density at radius 2 is 2.07 bits per heavy atom. The quantitative estimate of drug-likeness (QED) is 0.457. The molecule has 0 spiro atoms. The molecule has 0 amide bonds. The van der Waals surface area contributed by atoms with Crippen LogP contribution in [0, 0.1) is 18.2 Å². The van der Waals surface area contributed by atoms with Crippen molar-refractivity contribution in [3.05, 3.63) is 59.7 Å². The summed E-state index contributed by atoms with van der Waals surface area (Å²) >= 11 is 0. The highest BCUT2D eigenvalue weighted by Gasteiger charge is 2.14. The Morgan fingerprint density at radius 1 is 1.30 bits per heavy atom. The molecule has 6 heteroatoms. The second kappa shape index (κ2) is 11.5. The molecule has 0 saturated heterocycles. The van der Waals surface area contributed by atoms with Crippen LogP contribution in [0.4, 0.5) is 4.39 Å². The molecule has 1 aromatic carbocycles. The first kappa shape index (κ1) is 21.1. The summed E-state index contributed by atoms with van der Waals surface area (Å²) in [4.78, 5) is 2.11. The van der Waals surface area contributed by atoms with E-state index in [0.717, 1.165) is 11.3 Å². The van der Waals surface area contributed by atoms with Crippen LogP contribution in [-0.4, -0.2) is 60.7 Å². The lowest BCUT2D eigenvalue weighted by molar-refractivity contribution is 0.0203. The van der Waals surface area contributed by atoms with Gasteiger partial charge in [0.1, 0.15) is 12.4 Å². The van der Waals surface area contributed by atoms with E-state index in [1.165, 1.54) is 12.1 Å². The number of halogens is 1. The number of aromatic nitrogens is 1. The molecule has 0 bridgehead atoms. The number of methoxy groups -OCH3 is 1. The molecule has 0 aliphatic rings. The van der Waals surface area contributed by atoms with Gasteiger partial charge in [0.2, 0.25) is 0 Å². The second-order valence-corrected chi connectivity index (χ2v) is 6.35. The van der Waals surface area contributed by atoms with Gasteiger partial charge in [0.15, 0.2) is 0 Å². The maximum Gasteiger partial charge on any atom is 0.123 e. The number of aliphatic hydroxyl groups excluding tert-OH is 1. The van der Waals surface area contributed by atoms with Gasteiger partial charge < -0.3 is 19.1 Å². The van der Waals surface area contributed by atoms with Crippen LogP contribution in [0.1, 0.15) is 11.3 Å². The van der Waals surface area contributed by atoms with Crippen molar-refractivity contribution in [2.75, 3.05) is 40.0 Å². The Labute approximate surface area is 160 Å². The Morgan fingerprint density at radius 3 is 2.78 bits per heavy atom. The van der Waals surface area contributed by atoms with Crippen LogP contribution < -0.4 is 0 Å². The number of hydrogen-bond acceptors (Lipinski definition) is 4. The van der Waals surface area contributed by atoms with E-state index >= 15 is 0 Å². The van der Waals surface area contributed by atoms with Gasteiger partial charge in [-0.25, -0.2) is 4.39 Å². The Bertz CT molecular complexity index is 709. The molecule has 2 aromatic rings. The van der Waals surface area contributed by atoms with E-state index in [1.54, 1.807) is 19.2 Å². The second-order valence-electron chi connectivity index (χ2n) is 6.35. The number of ether oxygens (including phenoxy) is 2. The number of terminal acetylenes is 1. The third-order valence-electron chi connectivity index (χ3n) is 4.15. The number of nitrogens with zero attached hydrogens (tertiary/aromatic N) is 2. The van der Waals surface area contributed by atoms with Crippen molar-refractivity contribution in [2.24, 2.45) is 0 Å². The van der Waals surface area contributed by atoms with Crippen molar-refractivity contribution in [3.8, 4) is 12.3 Å². The molecule has 1 aromatic heterocycles. The number of hydrogen-bond donors (Lipinski definition) is 1. The lowest BCUT2D eigenvalue weighted by Crippen LogP contribution is -2.37. The van der Waals surface area contributed by atoms with Crippen LogP contribution in [0.15, 0.2) is 42.6 Å². The molecule has 5 nitrogen and oxygen atoms in total. The van der Waals surface area contributed by atoms with Crippen LogP contribution in [0.3, 0.4) is 0 Å². The maximum atomic E-state index is 13.1. The fourth-order valence-electron chi connectivity index (χ4n) is 2.82. The minimum atomic E-state index is -0.629. The molecule has 2 rings (SSSR count). The van der Waals surface area contributed by atoms with Gasteiger partial charge in [0.25, 0.3) is 0 Å². The van der Waals surface area contributed by atoms with E-state index in [1.807, 2.05) is 18.3 Å². The normalized spacial score (nSPS) is 12.3. The van der Waals surface area contributed by atoms with Crippen molar-refractivity contribution in [1.29, 1.82) is 0 Å². The summed E-state index contributed by atoms with van der Waals surface area (Å²) in [7, 11) is 1.65. The lowest BCUT2D eigenvalue weighted by Gasteiger charge is -2.25. The molecule has 0 aliphatic heterocycles. The molecule has 0 saturated carbocycles. The van der Waals surface area contributed by atoms with Crippen molar-refractivity contribution in [2.45, 2.75) is 19.2 Å². The van der Waals surface area contributed by atoms with Crippen molar-refractivity contribution < 1.29 is 19.0 Å². The van der Waals surface area contributed by atoms with Crippen molar-refractivity contribution in [1.82, 2.24) is 9.47 Å². The average molecular weight is 374 g/mol. The third kappa shape index (κ3) is 7.53.